The van der Waals surface area contributed by atoms with Gasteiger partial charge in [-0.15, -0.1) is 0 Å². The lowest BCUT2D eigenvalue weighted by Crippen LogP contribution is -2.16. The molecule has 0 saturated carbocycles. The summed E-state index contributed by atoms with van der Waals surface area (Å²) in [4.78, 5) is 0.125. The van der Waals surface area contributed by atoms with Gasteiger partial charge in [0.1, 0.15) is 0 Å². The minimum atomic E-state index is -3.41. The zero-order valence-corrected chi connectivity index (χ0v) is 12.5. The summed E-state index contributed by atoms with van der Waals surface area (Å²) in [7, 11) is -6.80. The van der Waals surface area contributed by atoms with E-state index in [1.54, 1.807) is 27.7 Å². The number of benzene rings is 1. The van der Waals surface area contributed by atoms with Gasteiger partial charge >= 0.3 is 0 Å². The Morgan fingerprint density at radius 2 is 1.39 bits per heavy atom. The lowest BCUT2D eigenvalue weighted by atomic mass is 10.4. The van der Waals surface area contributed by atoms with E-state index in [9.17, 15) is 16.8 Å². The number of hydrogen-bond donors (Lipinski definition) is 0. The Morgan fingerprint density at radius 3 is 1.72 bits per heavy atom. The van der Waals surface area contributed by atoms with Gasteiger partial charge in [0.05, 0.1) is 20.3 Å². The molecular weight excluding hydrogens is 272 g/mol. The quantitative estimate of drug-likeness (QED) is 0.848. The van der Waals surface area contributed by atoms with Gasteiger partial charge in [-0.25, -0.2) is 16.8 Å². The van der Waals surface area contributed by atoms with Gasteiger partial charge in [0, 0.05) is 6.07 Å². The topological polar surface area (TPSA) is 68.3 Å². The van der Waals surface area contributed by atoms with E-state index in [4.69, 9.17) is 0 Å². The van der Waals surface area contributed by atoms with E-state index in [2.05, 4.69) is 6.07 Å². The molecule has 0 atom stereocenters. The standard InChI is InChI=1S/C12H17O4S2/c1-9(2)17(13,14)11-5-7-12(8-6-11)18(15,16)10(3)4/h5-7,9-10H,1-4H3. The summed E-state index contributed by atoms with van der Waals surface area (Å²) in [6.07, 6.45) is 0. The van der Waals surface area contributed by atoms with Crippen LogP contribution in [0.25, 0.3) is 0 Å². The Kier molecular flexibility index (Phi) is 4.23. The van der Waals surface area contributed by atoms with Gasteiger partial charge in [0.2, 0.25) is 0 Å². The van der Waals surface area contributed by atoms with Crippen LogP contribution in [-0.4, -0.2) is 27.3 Å². The molecule has 1 aromatic carbocycles. The molecule has 18 heavy (non-hydrogen) atoms. The minimum absolute atomic E-state index is 0.0280. The highest BCUT2D eigenvalue weighted by atomic mass is 32.2. The Labute approximate surface area is 109 Å². The van der Waals surface area contributed by atoms with Crippen LogP contribution in [0, 0.1) is 6.07 Å². The van der Waals surface area contributed by atoms with Crippen molar-refractivity contribution in [3.05, 3.63) is 24.3 Å². The summed E-state index contributed by atoms with van der Waals surface area (Å²) in [5, 5.41) is -1.10. The first-order valence-corrected chi connectivity index (χ1v) is 8.69. The molecule has 101 valence electrons. The molecule has 0 fully saturated rings. The molecule has 0 aromatic heterocycles. The molecule has 6 heteroatoms. The van der Waals surface area contributed by atoms with Crippen molar-refractivity contribution in [3.8, 4) is 0 Å². The highest BCUT2D eigenvalue weighted by Gasteiger charge is 2.22. The monoisotopic (exact) mass is 289 g/mol. The van der Waals surface area contributed by atoms with Crippen molar-refractivity contribution in [1.82, 2.24) is 0 Å². The van der Waals surface area contributed by atoms with E-state index >= 15 is 0 Å². The highest BCUT2D eigenvalue weighted by Crippen LogP contribution is 2.20. The summed E-state index contributed by atoms with van der Waals surface area (Å²) in [5.74, 6) is 0. The van der Waals surface area contributed by atoms with E-state index in [1.165, 1.54) is 18.2 Å². The largest absolute Gasteiger partial charge is 0.223 e. The molecule has 4 nitrogen and oxygen atoms in total. The normalized spacial score (nSPS) is 13.2. The summed E-state index contributed by atoms with van der Waals surface area (Å²) in [6, 6.07) is 6.40. The lowest BCUT2D eigenvalue weighted by Gasteiger charge is -2.10. The SMILES string of the molecule is CC(C)S(=O)(=O)c1[c]cc(S(=O)(=O)C(C)C)cc1. The molecule has 0 N–H and O–H groups in total. The van der Waals surface area contributed by atoms with E-state index in [0.717, 1.165) is 0 Å². The van der Waals surface area contributed by atoms with Crippen molar-refractivity contribution >= 4 is 19.7 Å². The molecule has 0 aliphatic rings. The molecule has 0 spiro atoms. The van der Waals surface area contributed by atoms with Crippen LogP contribution >= 0.6 is 0 Å². The fourth-order valence-electron chi connectivity index (χ4n) is 1.28. The lowest BCUT2D eigenvalue weighted by molar-refractivity contribution is 0.583. The second-order valence-corrected chi connectivity index (χ2v) is 9.55. The van der Waals surface area contributed by atoms with Gasteiger partial charge in [0.25, 0.3) is 0 Å². The summed E-state index contributed by atoms with van der Waals surface area (Å²) < 4.78 is 47.4. The third-order valence-corrected chi connectivity index (χ3v) is 6.89. The smallest absolute Gasteiger partial charge is 0.181 e. The van der Waals surface area contributed by atoms with E-state index in [1.807, 2.05) is 0 Å². The van der Waals surface area contributed by atoms with Gasteiger partial charge in [-0.1, -0.05) is 0 Å². The van der Waals surface area contributed by atoms with E-state index < -0.39 is 30.2 Å². The van der Waals surface area contributed by atoms with Crippen LogP contribution in [0.2, 0.25) is 0 Å². The summed E-state index contributed by atoms with van der Waals surface area (Å²) in [6.45, 7) is 6.30. The second kappa shape index (κ2) is 5.01. The molecule has 0 heterocycles. The van der Waals surface area contributed by atoms with Crippen molar-refractivity contribution in [2.24, 2.45) is 0 Å². The Bertz CT molecular complexity index is 552. The number of rotatable bonds is 4. The maximum absolute atomic E-state index is 11.9. The zero-order chi connectivity index (χ0) is 14.1. The minimum Gasteiger partial charge on any atom is -0.223 e. The van der Waals surface area contributed by atoms with Crippen LogP contribution in [0.5, 0.6) is 0 Å². The van der Waals surface area contributed by atoms with Gasteiger partial charge in [-0.05, 0) is 45.9 Å². The highest BCUT2D eigenvalue weighted by molar-refractivity contribution is 7.92. The van der Waals surface area contributed by atoms with Gasteiger partial charge in [0.15, 0.2) is 19.7 Å². The maximum atomic E-state index is 11.9. The third kappa shape index (κ3) is 2.75. The number of sulfone groups is 2. The van der Waals surface area contributed by atoms with Gasteiger partial charge < -0.3 is 0 Å². The average molecular weight is 289 g/mol. The van der Waals surface area contributed by atoms with Crippen molar-refractivity contribution < 1.29 is 16.8 Å². The first kappa shape index (κ1) is 15.2. The van der Waals surface area contributed by atoms with Crippen LogP contribution in [0.4, 0.5) is 0 Å². The second-order valence-electron chi connectivity index (χ2n) is 4.58. The molecule has 0 aliphatic carbocycles. The average Bonchev–Trinajstić information content (AvgIpc) is 2.28. The van der Waals surface area contributed by atoms with Crippen LogP contribution in [0.3, 0.4) is 0 Å². The van der Waals surface area contributed by atoms with Gasteiger partial charge in [-0.2, -0.15) is 0 Å². The van der Waals surface area contributed by atoms with Gasteiger partial charge in [-0.3, -0.25) is 0 Å². The molecular formula is C12H17O4S2. The van der Waals surface area contributed by atoms with Crippen molar-refractivity contribution in [2.45, 2.75) is 48.0 Å². The van der Waals surface area contributed by atoms with Crippen molar-refractivity contribution in [2.75, 3.05) is 0 Å². The van der Waals surface area contributed by atoms with Crippen LogP contribution < -0.4 is 0 Å². The number of hydrogen-bond acceptors (Lipinski definition) is 4. The predicted octanol–water partition coefficient (Wildman–Crippen LogP) is 1.85. The Morgan fingerprint density at radius 1 is 0.889 bits per heavy atom. The Hall–Kier alpha value is -0.880. The molecule has 0 unspecified atom stereocenters. The van der Waals surface area contributed by atoms with Crippen LogP contribution in [0.1, 0.15) is 27.7 Å². The maximum Gasteiger partial charge on any atom is 0.181 e. The molecule has 0 amide bonds. The third-order valence-electron chi connectivity index (χ3n) is 2.63. The molecule has 1 radical (unpaired) electrons. The van der Waals surface area contributed by atoms with Crippen LogP contribution in [-0.2, 0) is 19.7 Å². The fourth-order valence-corrected chi connectivity index (χ4v) is 3.29. The molecule has 0 saturated heterocycles. The molecule has 1 rings (SSSR count). The molecule has 1 aromatic rings. The Balaban J connectivity index is 3.25. The van der Waals surface area contributed by atoms with E-state index in [-0.39, 0.29) is 9.79 Å². The van der Waals surface area contributed by atoms with Crippen molar-refractivity contribution in [3.63, 3.8) is 0 Å². The first-order valence-electron chi connectivity index (χ1n) is 5.59. The molecule has 0 aliphatic heterocycles. The summed E-state index contributed by atoms with van der Waals surface area (Å²) in [5.41, 5.74) is 0. The zero-order valence-electron chi connectivity index (χ0n) is 10.8. The van der Waals surface area contributed by atoms with E-state index in [0.29, 0.717) is 0 Å². The summed E-state index contributed by atoms with van der Waals surface area (Å²) >= 11 is 0. The van der Waals surface area contributed by atoms with Crippen molar-refractivity contribution in [1.29, 1.82) is 0 Å². The fraction of sp³-hybridized carbons (Fsp3) is 0.500. The first-order chi connectivity index (χ1) is 8.10. The predicted molar refractivity (Wildman–Crippen MR) is 69.9 cm³/mol. The molecule has 0 bridgehead atoms. The van der Waals surface area contributed by atoms with Crippen LogP contribution in [0.15, 0.2) is 28.0 Å².